The minimum Gasteiger partial charge on any atom is -0.394 e. The van der Waals surface area contributed by atoms with Gasteiger partial charge in [-0.05, 0) is 18.2 Å². The third-order valence-corrected chi connectivity index (χ3v) is 3.02. The first-order chi connectivity index (χ1) is 10.7. The second-order valence-corrected chi connectivity index (χ2v) is 4.97. The van der Waals surface area contributed by atoms with Crippen LogP contribution in [0.3, 0.4) is 0 Å². The Morgan fingerprint density at radius 3 is 2.61 bits per heavy atom. The standard InChI is InChI=1S/C14H15F3N4O2/c1-20(2)13(23)10-5-3-4-9(18-10)11-8-12(14(15,16)17)19-21(11)6-7-22/h3-5,8,22H,6-7H2,1-2H3. The molecular weight excluding hydrogens is 313 g/mol. The quantitative estimate of drug-likeness (QED) is 0.926. The van der Waals surface area contributed by atoms with E-state index in [4.69, 9.17) is 5.11 Å². The van der Waals surface area contributed by atoms with Crippen LogP contribution in [0.25, 0.3) is 11.4 Å². The lowest BCUT2D eigenvalue weighted by Gasteiger charge is -2.11. The molecule has 0 aliphatic carbocycles. The van der Waals surface area contributed by atoms with Crippen LogP contribution in [0, 0.1) is 0 Å². The minimum absolute atomic E-state index is 0.0831. The number of carbonyl (C=O) groups excluding carboxylic acids is 1. The lowest BCUT2D eigenvalue weighted by molar-refractivity contribution is -0.141. The molecule has 124 valence electrons. The van der Waals surface area contributed by atoms with Gasteiger partial charge in [0.05, 0.1) is 24.5 Å². The summed E-state index contributed by atoms with van der Waals surface area (Å²) in [6, 6.07) is 5.34. The largest absolute Gasteiger partial charge is 0.435 e. The fourth-order valence-electron chi connectivity index (χ4n) is 1.95. The Balaban J connectivity index is 2.51. The first kappa shape index (κ1) is 16.9. The molecule has 0 radical (unpaired) electrons. The number of amides is 1. The molecule has 0 aromatic carbocycles. The summed E-state index contributed by atoms with van der Waals surface area (Å²) >= 11 is 0. The van der Waals surface area contributed by atoms with E-state index in [0.717, 1.165) is 10.7 Å². The van der Waals surface area contributed by atoms with Crippen molar-refractivity contribution in [1.29, 1.82) is 0 Å². The SMILES string of the molecule is CN(C)C(=O)c1cccc(-c2cc(C(F)(F)F)nn2CCO)n1. The summed E-state index contributed by atoms with van der Waals surface area (Å²) in [6.45, 7) is -0.485. The van der Waals surface area contributed by atoms with E-state index in [1.165, 1.54) is 23.1 Å². The van der Waals surface area contributed by atoms with Crippen molar-refractivity contribution < 1.29 is 23.1 Å². The third-order valence-electron chi connectivity index (χ3n) is 3.02. The molecule has 0 aliphatic rings. The maximum absolute atomic E-state index is 12.8. The van der Waals surface area contributed by atoms with Gasteiger partial charge < -0.3 is 10.0 Å². The average molecular weight is 328 g/mol. The first-order valence-electron chi connectivity index (χ1n) is 6.69. The molecule has 0 spiro atoms. The van der Waals surface area contributed by atoms with Gasteiger partial charge in [0.25, 0.3) is 5.91 Å². The Labute approximate surface area is 130 Å². The lowest BCUT2D eigenvalue weighted by Crippen LogP contribution is -2.22. The van der Waals surface area contributed by atoms with Crippen LogP contribution in [0.5, 0.6) is 0 Å². The Hall–Kier alpha value is -2.42. The number of hydrogen-bond donors (Lipinski definition) is 1. The van der Waals surface area contributed by atoms with Crippen molar-refractivity contribution in [3.63, 3.8) is 0 Å². The number of carbonyl (C=O) groups is 1. The third kappa shape index (κ3) is 3.67. The molecule has 0 bridgehead atoms. The molecule has 0 aliphatic heterocycles. The van der Waals surface area contributed by atoms with Gasteiger partial charge in [-0.3, -0.25) is 9.48 Å². The fraction of sp³-hybridized carbons (Fsp3) is 0.357. The molecule has 9 heteroatoms. The summed E-state index contributed by atoms with van der Waals surface area (Å²) in [7, 11) is 3.10. The average Bonchev–Trinajstić information content (AvgIpc) is 2.91. The summed E-state index contributed by atoms with van der Waals surface area (Å²) in [5.74, 6) is -0.365. The van der Waals surface area contributed by atoms with E-state index in [0.29, 0.717) is 0 Å². The lowest BCUT2D eigenvalue weighted by atomic mass is 10.2. The van der Waals surface area contributed by atoms with Gasteiger partial charge >= 0.3 is 6.18 Å². The molecule has 2 aromatic heterocycles. The number of aromatic nitrogens is 3. The van der Waals surface area contributed by atoms with Gasteiger partial charge in [0.2, 0.25) is 0 Å². The Morgan fingerprint density at radius 2 is 2.04 bits per heavy atom. The first-order valence-corrected chi connectivity index (χ1v) is 6.69. The normalized spacial score (nSPS) is 11.6. The predicted molar refractivity (Wildman–Crippen MR) is 75.6 cm³/mol. The van der Waals surface area contributed by atoms with Crippen LogP contribution in [0.2, 0.25) is 0 Å². The van der Waals surface area contributed by atoms with Crippen molar-refractivity contribution in [1.82, 2.24) is 19.7 Å². The Kier molecular flexibility index (Phi) is 4.69. The highest BCUT2D eigenvalue weighted by molar-refractivity contribution is 5.92. The minimum atomic E-state index is -4.60. The zero-order chi connectivity index (χ0) is 17.2. The van der Waals surface area contributed by atoms with E-state index in [1.807, 2.05) is 0 Å². The maximum Gasteiger partial charge on any atom is 0.435 e. The fourth-order valence-corrected chi connectivity index (χ4v) is 1.95. The summed E-state index contributed by atoms with van der Waals surface area (Å²) in [5.41, 5.74) is -0.709. The van der Waals surface area contributed by atoms with E-state index in [9.17, 15) is 18.0 Å². The van der Waals surface area contributed by atoms with Crippen LogP contribution in [0.4, 0.5) is 13.2 Å². The van der Waals surface area contributed by atoms with Crippen LogP contribution in [-0.4, -0.2) is 51.4 Å². The van der Waals surface area contributed by atoms with E-state index in [2.05, 4.69) is 10.1 Å². The molecule has 0 fully saturated rings. The Bertz CT molecular complexity index is 710. The van der Waals surface area contributed by atoms with Crippen LogP contribution < -0.4 is 0 Å². The van der Waals surface area contributed by atoms with E-state index < -0.39 is 11.9 Å². The zero-order valence-corrected chi connectivity index (χ0v) is 12.5. The molecule has 23 heavy (non-hydrogen) atoms. The number of aliphatic hydroxyl groups is 1. The van der Waals surface area contributed by atoms with Crippen molar-refractivity contribution in [2.45, 2.75) is 12.7 Å². The number of rotatable bonds is 4. The van der Waals surface area contributed by atoms with Crippen molar-refractivity contribution in [3.05, 3.63) is 35.7 Å². The Morgan fingerprint density at radius 1 is 1.35 bits per heavy atom. The summed E-state index contributed by atoms with van der Waals surface area (Å²) < 4.78 is 39.5. The summed E-state index contributed by atoms with van der Waals surface area (Å²) in [5, 5.41) is 12.4. The zero-order valence-electron chi connectivity index (χ0n) is 12.5. The van der Waals surface area contributed by atoms with Gasteiger partial charge in [0.1, 0.15) is 5.69 Å². The van der Waals surface area contributed by atoms with Gasteiger partial charge in [-0.15, -0.1) is 0 Å². The summed E-state index contributed by atoms with van der Waals surface area (Å²) in [6.07, 6.45) is -4.60. The number of pyridine rings is 1. The van der Waals surface area contributed by atoms with Crippen molar-refractivity contribution in [2.75, 3.05) is 20.7 Å². The number of alkyl halides is 3. The van der Waals surface area contributed by atoms with Gasteiger partial charge in [-0.25, -0.2) is 4.98 Å². The number of nitrogens with zero attached hydrogens (tertiary/aromatic N) is 4. The van der Waals surface area contributed by atoms with Crippen molar-refractivity contribution in [3.8, 4) is 11.4 Å². The molecule has 0 atom stereocenters. The van der Waals surface area contributed by atoms with Crippen molar-refractivity contribution in [2.24, 2.45) is 0 Å². The maximum atomic E-state index is 12.8. The second-order valence-electron chi connectivity index (χ2n) is 4.97. The van der Waals surface area contributed by atoms with Gasteiger partial charge in [-0.2, -0.15) is 18.3 Å². The molecule has 0 unspecified atom stereocenters. The van der Waals surface area contributed by atoms with Gasteiger partial charge in [0.15, 0.2) is 5.69 Å². The molecular formula is C14H15F3N4O2. The van der Waals surface area contributed by atoms with Crippen LogP contribution >= 0.6 is 0 Å². The van der Waals surface area contributed by atoms with E-state index in [-0.39, 0.29) is 36.1 Å². The van der Waals surface area contributed by atoms with Gasteiger partial charge in [0, 0.05) is 14.1 Å². The predicted octanol–water partition coefficient (Wildman–Crippen LogP) is 1.66. The second kappa shape index (κ2) is 6.37. The number of aliphatic hydroxyl groups excluding tert-OH is 1. The van der Waals surface area contributed by atoms with Crippen molar-refractivity contribution >= 4 is 5.91 Å². The molecule has 1 N–H and O–H groups in total. The highest BCUT2D eigenvalue weighted by Crippen LogP contribution is 2.31. The molecule has 2 rings (SSSR count). The van der Waals surface area contributed by atoms with Crippen LogP contribution in [0.15, 0.2) is 24.3 Å². The van der Waals surface area contributed by atoms with E-state index >= 15 is 0 Å². The van der Waals surface area contributed by atoms with E-state index in [1.54, 1.807) is 14.1 Å². The van der Waals surface area contributed by atoms with Gasteiger partial charge in [-0.1, -0.05) is 6.07 Å². The number of halogens is 3. The smallest absolute Gasteiger partial charge is 0.394 e. The van der Waals surface area contributed by atoms with Crippen LogP contribution in [0.1, 0.15) is 16.2 Å². The number of hydrogen-bond acceptors (Lipinski definition) is 4. The molecule has 6 nitrogen and oxygen atoms in total. The highest BCUT2D eigenvalue weighted by atomic mass is 19.4. The van der Waals surface area contributed by atoms with Crippen LogP contribution in [-0.2, 0) is 12.7 Å². The highest BCUT2D eigenvalue weighted by Gasteiger charge is 2.35. The molecule has 2 heterocycles. The topological polar surface area (TPSA) is 71.2 Å². The molecule has 2 aromatic rings. The summed E-state index contributed by atoms with van der Waals surface area (Å²) in [4.78, 5) is 17.3. The molecule has 0 saturated carbocycles. The molecule has 0 saturated heterocycles. The molecule has 1 amide bonds. The monoisotopic (exact) mass is 328 g/mol.